The van der Waals surface area contributed by atoms with Gasteiger partial charge >= 0.3 is 6.09 Å². The van der Waals surface area contributed by atoms with E-state index in [1.54, 1.807) is 0 Å². The van der Waals surface area contributed by atoms with Crippen molar-refractivity contribution in [2.45, 2.75) is 6.54 Å². The molecule has 7 heteroatoms. The Balaban J connectivity index is 1.51. The Morgan fingerprint density at radius 1 is 1.15 bits per heavy atom. The zero-order valence-corrected chi connectivity index (χ0v) is 14.3. The van der Waals surface area contributed by atoms with Crippen molar-refractivity contribution in [1.82, 2.24) is 14.8 Å². The third-order valence-corrected chi connectivity index (χ3v) is 4.69. The van der Waals surface area contributed by atoms with E-state index in [-0.39, 0.29) is 0 Å². The molecule has 1 saturated heterocycles. The molecule has 3 aromatic rings. The largest absolute Gasteiger partial charge is 0.465 e. The number of rotatable bonds is 3. The normalized spacial score (nSPS) is 15.5. The third kappa shape index (κ3) is 3.21. The number of aromatic nitrogens is 1. The van der Waals surface area contributed by atoms with Crippen molar-refractivity contribution in [2.24, 2.45) is 0 Å². The lowest BCUT2D eigenvalue weighted by Gasteiger charge is -2.33. The molecule has 0 aliphatic carbocycles. The summed E-state index contributed by atoms with van der Waals surface area (Å²) >= 11 is 0. The maximum absolute atomic E-state index is 11.0. The van der Waals surface area contributed by atoms with E-state index < -0.39 is 6.09 Å². The summed E-state index contributed by atoms with van der Waals surface area (Å²) in [6, 6.07) is 13.5. The lowest BCUT2D eigenvalue weighted by Crippen LogP contribution is -2.47. The number of benzene rings is 2. The Kier molecular flexibility index (Phi) is 4.22. The van der Waals surface area contributed by atoms with Gasteiger partial charge in [0.1, 0.15) is 5.52 Å². The summed E-state index contributed by atoms with van der Waals surface area (Å²) < 4.78 is 5.84. The fraction of sp³-hybridized carbons (Fsp3) is 0.263. The van der Waals surface area contributed by atoms with Crippen LogP contribution in [0.5, 0.6) is 0 Å². The van der Waals surface area contributed by atoms with E-state index in [1.807, 2.05) is 42.5 Å². The molecule has 2 heterocycles. The SMILES string of the molecule is Nc1ccccc1-c1nc2cc(CN3CCN(C(=O)O)CC3)ccc2o1. The van der Waals surface area contributed by atoms with Gasteiger partial charge in [-0.1, -0.05) is 18.2 Å². The van der Waals surface area contributed by atoms with E-state index in [1.165, 1.54) is 4.90 Å². The molecule has 26 heavy (non-hydrogen) atoms. The number of anilines is 1. The second-order valence-electron chi connectivity index (χ2n) is 6.45. The van der Waals surface area contributed by atoms with Crippen LogP contribution >= 0.6 is 0 Å². The van der Waals surface area contributed by atoms with Crippen LogP contribution in [0.4, 0.5) is 10.5 Å². The molecule has 0 bridgehead atoms. The Labute approximate surface area is 150 Å². The second-order valence-corrected chi connectivity index (χ2v) is 6.45. The van der Waals surface area contributed by atoms with Gasteiger partial charge < -0.3 is 20.2 Å². The van der Waals surface area contributed by atoms with Crippen LogP contribution < -0.4 is 5.73 Å². The maximum Gasteiger partial charge on any atom is 0.407 e. The van der Waals surface area contributed by atoms with E-state index in [9.17, 15) is 4.79 Å². The molecular weight excluding hydrogens is 332 g/mol. The molecule has 2 aromatic carbocycles. The number of nitrogens with two attached hydrogens (primary N) is 1. The predicted molar refractivity (Wildman–Crippen MR) is 98.7 cm³/mol. The van der Waals surface area contributed by atoms with E-state index >= 15 is 0 Å². The lowest BCUT2D eigenvalue weighted by molar-refractivity contribution is 0.103. The highest BCUT2D eigenvalue weighted by Crippen LogP contribution is 2.28. The van der Waals surface area contributed by atoms with Crippen LogP contribution in [0.2, 0.25) is 0 Å². The molecule has 7 nitrogen and oxygen atoms in total. The fourth-order valence-corrected chi connectivity index (χ4v) is 3.23. The smallest absolute Gasteiger partial charge is 0.407 e. The number of nitrogen functional groups attached to an aromatic ring is 1. The first kappa shape index (κ1) is 16.4. The molecule has 3 N–H and O–H groups in total. The van der Waals surface area contributed by atoms with Gasteiger partial charge in [0.2, 0.25) is 5.89 Å². The van der Waals surface area contributed by atoms with Crippen molar-refractivity contribution in [1.29, 1.82) is 0 Å². The molecule has 0 radical (unpaired) electrons. The van der Waals surface area contributed by atoms with Crippen LogP contribution in [-0.2, 0) is 6.54 Å². The molecule has 0 spiro atoms. The minimum Gasteiger partial charge on any atom is -0.465 e. The summed E-state index contributed by atoms with van der Waals surface area (Å²) in [5.74, 6) is 0.519. The number of para-hydroxylation sites is 1. The first-order chi connectivity index (χ1) is 12.6. The third-order valence-electron chi connectivity index (χ3n) is 4.69. The molecule has 1 fully saturated rings. The summed E-state index contributed by atoms with van der Waals surface area (Å²) in [4.78, 5) is 19.3. The van der Waals surface area contributed by atoms with E-state index in [0.717, 1.165) is 41.9 Å². The van der Waals surface area contributed by atoms with Gasteiger partial charge in [0.15, 0.2) is 5.58 Å². The van der Waals surface area contributed by atoms with Gasteiger partial charge in [-0.3, -0.25) is 4.90 Å². The van der Waals surface area contributed by atoms with Crippen LogP contribution in [-0.4, -0.2) is 52.2 Å². The number of oxazole rings is 1. The average Bonchev–Trinajstić information content (AvgIpc) is 3.05. The quantitative estimate of drug-likeness (QED) is 0.704. The molecule has 1 aliphatic heterocycles. The summed E-state index contributed by atoms with van der Waals surface area (Å²) in [6.45, 7) is 3.31. The first-order valence-electron chi connectivity index (χ1n) is 8.55. The first-order valence-corrected chi connectivity index (χ1v) is 8.55. The number of fused-ring (bicyclic) bond motifs is 1. The molecule has 4 rings (SSSR count). The Morgan fingerprint density at radius 2 is 1.92 bits per heavy atom. The van der Waals surface area contributed by atoms with Crippen molar-refractivity contribution in [3.05, 3.63) is 48.0 Å². The molecule has 0 saturated carbocycles. The second kappa shape index (κ2) is 6.68. The van der Waals surface area contributed by atoms with Crippen LogP contribution in [0, 0.1) is 0 Å². The van der Waals surface area contributed by atoms with Crippen LogP contribution in [0.25, 0.3) is 22.6 Å². The lowest BCUT2D eigenvalue weighted by atomic mass is 10.1. The highest BCUT2D eigenvalue weighted by molar-refractivity contribution is 5.80. The van der Waals surface area contributed by atoms with Gasteiger partial charge in [-0.05, 0) is 29.8 Å². The zero-order valence-electron chi connectivity index (χ0n) is 14.3. The number of carbonyl (C=O) groups is 1. The fourth-order valence-electron chi connectivity index (χ4n) is 3.23. The van der Waals surface area contributed by atoms with E-state index in [4.69, 9.17) is 15.3 Å². The Bertz CT molecular complexity index is 945. The van der Waals surface area contributed by atoms with Gasteiger partial charge in [0.25, 0.3) is 0 Å². The van der Waals surface area contributed by atoms with Gasteiger partial charge in [-0.25, -0.2) is 9.78 Å². The van der Waals surface area contributed by atoms with Crippen molar-refractivity contribution in [2.75, 3.05) is 31.9 Å². The summed E-state index contributed by atoms with van der Waals surface area (Å²) in [5, 5.41) is 9.03. The molecule has 1 amide bonds. The number of hydrogen-bond donors (Lipinski definition) is 2. The minimum absolute atomic E-state index is 0.519. The average molecular weight is 352 g/mol. The number of amides is 1. The van der Waals surface area contributed by atoms with Crippen LogP contribution in [0.3, 0.4) is 0 Å². The summed E-state index contributed by atoms with van der Waals surface area (Å²) in [6.07, 6.45) is -0.846. The van der Waals surface area contributed by atoms with Gasteiger partial charge in [-0.15, -0.1) is 0 Å². The number of nitrogens with zero attached hydrogens (tertiary/aromatic N) is 3. The summed E-state index contributed by atoms with van der Waals surface area (Å²) in [7, 11) is 0. The Hall–Kier alpha value is -3.06. The van der Waals surface area contributed by atoms with Crippen molar-refractivity contribution in [3.63, 3.8) is 0 Å². The van der Waals surface area contributed by atoms with E-state index in [2.05, 4.69) is 9.88 Å². The monoisotopic (exact) mass is 352 g/mol. The number of carboxylic acid groups (broad SMARTS) is 1. The van der Waals surface area contributed by atoms with Crippen molar-refractivity contribution < 1.29 is 14.3 Å². The van der Waals surface area contributed by atoms with Gasteiger partial charge in [-0.2, -0.15) is 0 Å². The molecule has 134 valence electrons. The number of piperazine rings is 1. The van der Waals surface area contributed by atoms with Crippen molar-refractivity contribution in [3.8, 4) is 11.5 Å². The minimum atomic E-state index is -0.846. The molecule has 0 unspecified atom stereocenters. The summed E-state index contributed by atoms with van der Waals surface area (Å²) in [5.41, 5.74) is 10.1. The molecular formula is C19H20N4O3. The Morgan fingerprint density at radius 3 is 2.65 bits per heavy atom. The van der Waals surface area contributed by atoms with Crippen molar-refractivity contribution >= 4 is 22.9 Å². The van der Waals surface area contributed by atoms with Gasteiger partial charge in [0.05, 0.1) is 5.56 Å². The molecule has 1 aromatic heterocycles. The number of hydrogen-bond acceptors (Lipinski definition) is 5. The topological polar surface area (TPSA) is 95.8 Å². The standard InChI is InChI=1S/C19H20N4O3/c20-15-4-2-1-3-14(15)18-21-16-11-13(5-6-17(16)26-18)12-22-7-9-23(10-8-22)19(24)25/h1-6,11H,7-10,12,20H2,(H,24,25). The predicted octanol–water partition coefficient (Wildman–Crippen LogP) is 2.87. The van der Waals surface area contributed by atoms with Crippen LogP contribution in [0.1, 0.15) is 5.56 Å². The highest BCUT2D eigenvalue weighted by Gasteiger charge is 2.20. The van der Waals surface area contributed by atoms with Gasteiger partial charge in [0, 0.05) is 38.4 Å². The van der Waals surface area contributed by atoms with E-state index in [0.29, 0.717) is 24.7 Å². The molecule has 0 atom stereocenters. The van der Waals surface area contributed by atoms with Crippen LogP contribution in [0.15, 0.2) is 46.9 Å². The zero-order chi connectivity index (χ0) is 18.1. The highest BCUT2D eigenvalue weighted by atomic mass is 16.4. The maximum atomic E-state index is 11.0. The molecule has 1 aliphatic rings.